The molecule has 0 heterocycles. The van der Waals surface area contributed by atoms with Gasteiger partial charge in [-0.3, -0.25) is 20.2 Å². The van der Waals surface area contributed by atoms with E-state index < -0.39 is 34.6 Å². The monoisotopic (exact) mass is 391 g/mol. The number of nitro benzene ring substituents is 1. The number of carbonyl (C=O) groups is 3. The lowest BCUT2D eigenvalue weighted by Gasteiger charge is -2.17. The zero-order valence-electron chi connectivity index (χ0n) is 14.0. The summed E-state index contributed by atoms with van der Waals surface area (Å²) in [7, 11) is 1.31. The van der Waals surface area contributed by atoms with Gasteiger partial charge in [0.2, 0.25) is 6.10 Å². The van der Waals surface area contributed by atoms with E-state index in [9.17, 15) is 24.5 Å². The van der Waals surface area contributed by atoms with Crippen LogP contribution in [0.5, 0.6) is 0 Å². The Hall–Kier alpha value is -3.46. The van der Waals surface area contributed by atoms with Crippen LogP contribution in [0.2, 0.25) is 5.02 Å². The van der Waals surface area contributed by atoms with Crippen molar-refractivity contribution < 1.29 is 24.0 Å². The molecule has 2 aromatic carbocycles. The van der Waals surface area contributed by atoms with Crippen LogP contribution in [0, 0.1) is 10.1 Å². The van der Waals surface area contributed by atoms with Crippen molar-refractivity contribution in [3.8, 4) is 0 Å². The first-order valence-corrected chi connectivity index (χ1v) is 7.93. The van der Waals surface area contributed by atoms with Crippen LogP contribution < -0.4 is 10.6 Å². The fourth-order valence-electron chi connectivity index (χ4n) is 2.14. The summed E-state index contributed by atoms with van der Waals surface area (Å²) < 4.78 is 5.18. The molecule has 0 aromatic heterocycles. The Labute approximate surface area is 158 Å². The molecule has 10 heteroatoms. The highest BCUT2D eigenvalue weighted by molar-refractivity contribution is 6.31. The minimum Gasteiger partial charge on any atom is -0.443 e. The number of amides is 3. The standard InChI is InChI=1S/C17H14ClN3O6/c1-19-17(24)20-15(22)14(10-5-3-2-4-6-10)27-16(23)12-8-7-11(18)9-13(12)21(25)26/h2-9,14H,1H3,(H2,19,20,22,24). The van der Waals surface area contributed by atoms with Gasteiger partial charge in [-0.25, -0.2) is 9.59 Å². The number of carbonyl (C=O) groups excluding carboxylic acids is 3. The molecular weight excluding hydrogens is 378 g/mol. The molecule has 140 valence electrons. The number of urea groups is 1. The second-order valence-corrected chi connectivity index (χ2v) is 5.62. The lowest BCUT2D eigenvalue weighted by atomic mass is 10.1. The van der Waals surface area contributed by atoms with E-state index in [1.54, 1.807) is 18.2 Å². The predicted molar refractivity (Wildman–Crippen MR) is 95.3 cm³/mol. The molecule has 0 saturated carbocycles. The molecule has 1 atom stereocenters. The van der Waals surface area contributed by atoms with Crippen LogP contribution in [0.1, 0.15) is 22.0 Å². The molecule has 0 fully saturated rings. The van der Waals surface area contributed by atoms with E-state index in [1.165, 1.54) is 25.2 Å². The Kier molecular flexibility index (Phi) is 6.45. The number of imide groups is 1. The van der Waals surface area contributed by atoms with Crippen LogP contribution >= 0.6 is 11.6 Å². The summed E-state index contributed by atoms with van der Waals surface area (Å²) in [6.45, 7) is 0. The van der Waals surface area contributed by atoms with Crippen LogP contribution in [0.25, 0.3) is 0 Å². The van der Waals surface area contributed by atoms with Crippen molar-refractivity contribution >= 4 is 35.2 Å². The van der Waals surface area contributed by atoms with Gasteiger partial charge in [-0.2, -0.15) is 0 Å². The van der Waals surface area contributed by atoms with Crippen molar-refractivity contribution in [1.82, 2.24) is 10.6 Å². The van der Waals surface area contributed by atoms with E-state index in [2.05, 4.69) is 5.32 Å². The normalized spacial score (nSPS) is 11.2. The highest BCUT2D eigenvalue weighted by Gasteiger charge is 2.30. The van der Waals surface area contributed by atoms with Gasteiger partial charge in [0.05, 0.1) is 4.92 Å². The number of hydrogen-bond donors (Lipinski definition) is 2. The molecule has 0 bridgehead atoms. The van der Waals surface area contributed by atoms with Gasteiger partial charge in [0.15, 0.2) is 0 Å². The van der Waals surface area contributed by atoms with Gasteiger partial charge in [-0.05, 0) is 12.1 Å². The number of nitro groups is 1. The summed E-state index contributed by atoms with van der Waals surface area (Å²) in [5.74, 6) is -2.02. The molecule has 1 unspecified atom stereocenters. The number of benzene rings is 2. The van der Waals surface area contributed by atoms with Crippen molar-refractivity contribution in [3.63, 3.8) is 0 Å². The molecule has 0 aliphatic carbocycles. The van der Waals surface area contributed by atoms with Crippen LogP contribution in [0.3, 0.4) is 0 Å². The van der Waals surface area contributed by atoms with Crippen LogP contribution in [-0.2, 0) is 9.53 Å². The summed E-state index contributed by atoms with van der Waals surface area (Å²) in [6.07, 6.45) is -1.49. The Morgan fingerprint density at radius 2 is 1.81 bits per heavy atom. The van der Waals surface area contributed by atoms with E-state index in [-0.39, 0.29) is 16.1 Å². The average Bonchev–Trinajstić information content (AvgIpc) is 2.66. The van der Waals surface area contributed by atoms with Crippen LogP contribution in [0.4, 0.5) is 10.5 Å². The lowest BCUT2D eigenvalue weighted by molar-refractivity contribution is -0.385. The first-order valence-electron chi connectivity index (χ1n) is 7.56. The molecule has 27 heavy (non-hydrogen) atoms. The van der Waals surface area contributed by atoms with Crippen LogP contribution in [-0.4, -0.2) is 29.9 Å². The Morgan fingerprint density at radius 3 is 2.41 bits per heavy atom. The second kappa shape index (κ2) is 8.77. The maximum absolute atomic E-state index is 12.5. The fraction of sp³-hybridized carbons (Fsp3) is 0.118. The van der Waals surface area contributed by atoms with Gasteiger partial charge in [0.1, 0.15) is 5.56 Å². The number of nitrogens with one attached hydrogen (secondary N) is 2. The van der Waals surface area contributed by atoms with Gasteiger partial charge < -0.3 is 10.1 Å². The van der Waals surface area contributed by atoms with Crippen molar-refractivity contribution in [2.24, 2.45) is 0 Å². The summed E-state index contributed by atoms with van der Waals surface area (Å²) >= 11 is 5.73. The third kappa shape index (κ3) is 5.02. The van der Waals surface area contributed by atoms with Gasteiger partial charge >= 0.3 is 12.0 Å². The topological polar surface area (TPSA) is 128 Å². The van der Waals surface area contributed by atoms with Gasteiger partial charge in [0.25, 0.3) is 11.6 Å². The van der Waals surface area contributed by atoms with Crippen LogP contribution in [0.15, 0.2) is 48.5 Å². The van der Waals surface area contributed by atoms with Crippen molar-refractivity contribution in [2.75, 3.05) is 7.05 Å². The summed E-state index contributed by atoms with van der Waals surface area (Å²) in [6, 6.07) is 10.5. The number of hydrogen-bond acceptors (Lipinski definition) is 6. The molecule has 0 radical (unpaired) electrons. The lowest BCUT2D eigenvalue weighted by Crippen LogP contribution is -2.41. The first kappa shape index (κ1) is 19.9. The third-order valence-corrected chi connectivity index (χ3v) is 3.64. The molecule has 2 aromatic rings. The third-order valence-electron chi connectivity index (χ3n) is 3.41. The largest absolute Gasteiger partial charge is 0.443 e. The van der Waals surface area contributed by atoms with E-state index in [0.29, 0.717) is 0 Å². The SMILES string of the molecule is CNC(=O)NC(=O)C(OC(=O)c1ccc(Cl)cc1[N+](=O)[O-])c1ccccc1. The quantitative estimate of drug-likeness (QED) is 0.458. The van der Waals surface area contributed by atoms with E-state index >= 15 is 0 Å². The molecule has 0 aliphatic rings. The Bertz CT molecular complexity index is 887. The zero-order chi connectivity index (χ0) is 20.0. The fourth-order valence-corrected chi connectivity index (χ4v) is 2.31. The molecule has 2 rings (SSSR count). The number of halogens is 1. The molecule has 9 nitrogen and oxygen atoms in total. The second-order valence-electron chi connectivity index (χ2n) is 5.18. The highest BCUT2D eigenvalue weighted by atomic mass is 35.5. The molecular formula is C17H14ClN3O6. The maximum atomic E-state index is 12.5. The number of nitrogens with zero attached hydrogens (tertiary/aromatic N) is 1. The molecule has 0 saturated heterocycles. The molecule has 0 spiro atoms. The van der Waals surface area contributed by atoms with E-state index in [4.69, 9.17) is 16.3 Å². The average molecular weight is 392 g/mol. The zero-order valence-corrected chi connectivity index (χ0v) is 14.7. The highest BCUT2D eigenvalue weighted by Crippen LogP contribution is 2.26. The summed E-state index contributed by atoms with van der Waals surface area (Å²) in [4.78, 5) is 46.6. The minimum atomic E-state index is -1.49. The van der Waals surface area contributed by atoms with Gasteiger partial charge in [-0.1, -0.05) is 41.9 Å². The summed E-state index contributed by atoms with van der Waals surface area (Å²) in [5, 5.41) is 15.4. The number of ether oxygens (including phenoxy) is 1. The number of rotatable bonds is 5. The smallest absolute Gasteiger partial charge is 0.346 e. The molecule has 3 amide bonds. The minimum absolute atomic E-state index is 0.0650. The van der Waals surface area contributed by atoms with Crippen molar-refractivity contribution in [1.29, 1.82) is 0 Å². The molecule has 2 N–H and O–H groups in total. The van der Waals surface area contributed by atoms with E-state index in [0.717, 1.165) is 12.1 Å². The predicted octanol–water partition coefficient (Wildman–Crippen LogP) is 2.60. The van der Waals surface area contributed by atoms with E-state index in [1.807, 2.05) is 5.32 Å². The van der Waals surface area contributed by atoms with Crippen molar-refractivity contribution in [3.05, 3.63) is 74.8 Å². The number of esters is 1. The first-order chi connectivity index (χ1) is 12.8. The maximum Gasteiger partial charge on any atom is 0.346 e. The molecule has 0 aliphatic heterocycles. The van der Waals surface area contributed by atoms with Gasteiger partial charge in [-0.15, -0.1) is 0 Å². The van der Waals surface area contributed by atoms with Crippen molar-refractivity contribution in [2.45, 2.75) is 6.10 Å². The van der Waals surface area contributed by atoms with Gasteiger partial charge in [0, 0.05) is 23.7 Å². The Balaban J connectivity index is 2.35. The Morgan fingerprint density at radius 1 is 1.15 bits per heavy atom. The summed E-state index contributed by atoms with van der Waals surface area (Å²) in [5.41, 5.74) is -0.659.